The molecule has 0 radical (unpaired) electrons. The lowest BCUT2D eigenvalue weighted by Crippen LogP contribution is -2.52. The summed E-state index contributed by atoms with van der Waals surface area (Å²) in [7, 11) is 0. The Hall–Kier alpha value is -2.11. The van der Waals surface area contributed by atoms with E-state index in [2.05, 4.69) is 4.98 Å². The van der Waals surface area contributed by atoms with Crippen LogP contribution in [0, 0.1) is 5.41 Å². The minimum absolute atomic E-state index is 0.166. The molecular formula is C17H24N2O4. The first kappa shape index (κ1) is 17.2. The molecule has 0 aromatic carbocycles. The fourth-order valence-electron chi connectivity index (χ4n) is 2.90. The molecule has 1 fully saturated rings. The Balaban J connectivity index is 2.17. The zero-order chi connectivity index (χ0) is 17.1. The standard InChI is InChI=1S/C17H24N2O4/c1-16(2,3)23-15(22)19-10-4-7-17(12-19,14(20)21)11-13-5-8-18-9-6-13/h5-6,8-9H,4,7,10-12H2,1-3H3,(H,20,21)/t17-/m1/s1. The lowest BCUT2D eigenvalue weighted by atomic mass is 9.75. The lowest BCUT2D eigenvalue weighted by Gasteiger charge is -2.40. The van der Waals surface area contributed by atoms with E-state index >= 15 is 0 Å². The smallest absolute Gasteiger partial charge is 0.410 e. The average molecular weight is 320 g/mol. The van der Waals surface area contributed by atoms with Gasteiger partial charge < -0.3 is 14.7 Å². The summed E-state index contributed by atoms with van der Waals surface area (Å²) in [5, 5.41) is 9.79. The summed E-state index contributed by atoms with van der Waals surface area (Å²) in [4.78, 5) is 29.7. The van der Waals surface area contributed by atoms with Gasteiger partial charge in [-0.05, 0) is 57.7 Å². The molecule has 1 aromatic rings. The second-order valence-electron chi connectivity index (χ2n) is 7.12. The second kappa shape index (κ2) is 6.56. The maximum Gasteiger partial charge on any atom is 0.410 e. The molecule has 1 atom stereocenters. The largest absolute Gasteiger partial charge is 0.481 e. The van der Waals surface area contributed by atoms with E-state index in [1.165, 1.54) is 4.90 Å². The van der Waals surface area contributed by atoms with Gasteiger partial charge in [0.15, 0.2) is 0 Å². The number of likely N-dealkylation sites (tertiary alicyclic amines) is 1. The normalized spacial score (nSPS) is 21.8. The molecule has 1 N–H and O–H groups in total. The molecule has 0 aliphatic carbocycles. The molecule has 2 rings (SSSR count). The third-order valence-corrected chi connectivity index (χ3v) is 3.97. The van der Waals surface area contributed by atoms with Crippen molar-refractivity contribution in [2.45, 2.75) is 45.6 Å². The molecule has 126 valence electrons. The number of ether oxygens (including phenoxy) is 1. The zero-order valence-electron chi connectivity index (χ0n) is 13.9. The van der Waals surface area contributed by atoms with Crippen LogP contribution in [0.4, 0.5) is 4.79 Å². The number of carbonyl (C=O) groups excluding carboxylic acids is 1. The molecule has 2 heterocycles. The van der Waals surface area contributed by atoms with Crippen molar-refractivity contribution < 1.29 is 19.4 Å². The van der Waals surface area contributed by atoms with E-state index in [1.54, 1.807) is 33.2 Å². The number of nitrogens with zero attached hydrogens (tertiary/aromatic N) is 2. The van der Waals surface area contributed by atoms with E-state index in [0.29, 0.717) is 25.8 Å². The molecule has 1 aliphatic rings. The number of piperidine rings is 1. The van der Waals surface area contributed by atoms with Gasteiger partial charge in [0.05, 0.1) is 5.41 Å². The summed E-state index contributed by atoms with van der Waals surface area (Å²) in [6.45, 7) is 6.10. The maximum absolute atomic E-state index is 12.3. The highest BCUT2D eigenvalue weighted by atomic mass is 16.6. The third-order valence-electron chi connectivity index (χ3n) is 3.97. The number of amides is 1. The molecular weight excluding hydrogens is 296 g/mol. The van der Waals surface area contributed by atoms with Crippen LogP contribution in [0.5, 0.6) is 0 Å². The van der Waals surface area contributed by atoms with Crippen molar-refractivity contribution in [2.75, 3.05) is 13.1 Å². The minimum Gasteiger partial charge on any atom is -0.481 e. The Morgan fingerprint density at radius 3 is 2.57 bits per heavy atom. The van der Waals surface area contributed by atoms with Gasteiger partial charge in [-0.2, -0.15) is 0 Å². The fraction of sp³-hybridized carbons (Fsp3) is 0.588. The van der Waals surface area contributed by atoms with E-state index in [9.17, 15) is 14.7 Å². The van der Waals surface area contributed by atoms with Crippen molar-refractivity contribution in [3.05, 3.63) is 30.1 Å². The first-order chi connectivity index (χ1) is 10.7. The highest BCUT2D eigenvalue weighted by Gasteiger charge is 2.44. The van der Waals surface area contributed by atoms with Crippen LogP contribution >= 0.6 is 0 Å². The van der Waals surface area contributed by atoms with Crippen LogP contribution in [0.25, 0.3) is 0 Å². The summed E-state index contributed by atoms with van der Waals surface area (Å²) in [6.07, 6.45) is 4.43. The highest BCUT2D eigenvalue weighted by molar-refractivity contribution is 5.77. The maximum atomic E-state index is 12.3. The van der Waals surface area contributed by atoms with Crippen molar-refractivity contribution in [1.82, 2.24) is 9.88 Å². The SMILES string of the molecule is CC(C)(C)OC(=O)N1CCC[C@](Cc2ccncc2)(C(=O)O)C1. The molecule has 1 amide bonds. The van der Waals surface area contributed by atoms with Crippen LogP contribution in [0.2, 0.25) is 0 Å². The Morgan fingerprint density at radius 2 is 2.00 bits per heavy atom. The summed E-state index contributed by atoms with van der Waals surface area (Å²) in [5.41, 5.74) is -0.657. The molecule has 6 heteroatoms. The van der Waals surface area contributed by atoms with E-state index in [0.717, 1.165) is 5.56 Å². The van der Waals surface area contributed by atoms with Gasteiger partial charge in [-0.1, -0.05) is 0 Å². The molecule has 0 saturated carbocycles. The third kappa shape index (κ3) is 4.43. The molecule has 23 heavy (non-hydrogen) atoms. The van der Waals surface area contributed by atoms with E-state index in [4.69, 9.17) is 4.74 Å². The van der Waals surface area contributed by atoms with Crippen LogP contribution in [-0.4, -0.2) is 45.7 Å². The molecule has 0 bridgehead atoms. The topological polar surface area (TPSA) is 79.7 Å². The quantitative estimate of drug-likeness (QED) is 0.926. The number of carboxylic acids is 1. The number of carboxylic acid groups (broad SMARTS) is 1. The van der Waals surface area contributed by atoms with Gasteiger partial charge in [-0.3, -0.25) is 9.78 Å². The van der Waals surface area contributed by atoms with Crippen LogP contribution in [0.3, 0.4) is 0 Å². The average Bonchev–Trinajstić information content (AvgIpc) is 2.46. The van der Waals surface area contributed by atoms with Gasteiger partial charge in [-0.15, -0.1) is 0 Å². The van der Waals surface area contributed by atoms with E-state index in [1.807, 2.05) is 12.1 Å². The number of pyridine rings is 1. The predicted octanol–water partition coefficient (Wildman–Crippen LogP) is 2.73. The molecule has 1 aromatic heterocycles. The fourth-order valence-corrected chi connectivity index (χ4v) is 2.90. The number of rotatable bonds is 3. The van der Waals surface area contributed by atoms with Gasteiger partial charge >= 0.3 is 12.1 Å². The summed E-state index contributed by atoms with van der Waals surface area (Å²) < 4.78 is 5.38. The first-order valence-corrected chi connectivity index (χ1v) is 7.82. The summed E-state index contributed by atoms with van der Waals surface area (Å²) in [6, 6.07) is 3.63. The predicted molar refractivity (Wildman–Crippen MR) is 85.1 cm³/mol. The second-order valence-corrected chi connectivity index (χ2v) is 7.12. The summed E-state index contributed by atoms with van der Waals surface area (Å²) in [5.74, 6) is -0.873. The first-order valence-electron chi connectivity index (χ1n) is 7.82. The van der Waals surface area contributed by atoms with Gasteiger partial charge in [-0.25, -0.2) is 4.79 Å². The molecule has 0 unspecified atom stereocenters. The Bertz CT molecular complexity index is 568. The van der Waals surface area contributed by atoms with Crippen molar-refractivity contribution in [2.24, 2.45) is 5.41 Å². The van der Waals surface area contributed by atoms with Crippen molar-refractivity contribution in [1.29, 1.82) is 0 Å². The van der Waals surface area contributed by atoms with Crippen LogP contribution in [0.15, 0.2) is 24.5 Å². The van der Waals surface area contributed by atoms with E-state index in [-0.39, 0.29) is 6.54 Å². The Kier molecular flexibility index (Phi) is 4.92. The molecule has 1 aliphatic heterocycles. The number of hydrogen-bond donors (Lipinski definition) is 1. The number of aliphatic carboxylic acids is 1. The number of aromatic nitrogens is 1. The molecule has 6 nitrogen and oxygen atoms in total. The molecule has 0 spiro atoms. The van der Waals surface area contributed by atoms with Crippen LogP contribution in [-0.2, 0) is 16.0 Å². The highest BCUT2D eigenvalue weighted by Crippen LogP contribution is 2.34. The van der Waals surface area contributed by atoms with Crippen LogP contribution in [0.1, 0.15) is 39.2 Å². The number of carbonyl (C=O) groups is 2. The van der Waals surface area contributed by atoms with Gasteiger partial charge in [0.2, 0.25) is 0 Å². The monoisotopic (exact) mass is 320 g/mol. The summed E-state index contributed by atoms with van der Waals surface area (Å²) >= 11 is 0. The van der Waals surface area contributed by atoms with Crippen molar-refractivity contribution in [3.63, 3.8) is 0 Å². The van der Waals surface area contributed by atoms with E-state index < -0.39 is 23.1 Å². The van der Waals surface area contributed by atoms with Gasteiger partial charge in [0.25, 0.3) is 0 Å². The van der Waals surface area contributed by atoms with Crippen LogP contribution < -0.4 is 0 Å². The minimum atomic E-state index is -0.976. The lowest BCUT2D eigenvalue weighted by molar-refractivity contribution is -0.152. The van der Waals surface area contributed by atoms with Gasteiger partial charge in [0.1, 0.15) is 5.60 Å². The number of hydrogen-bond acceptors (Lipinski definition) is 4. The van der Waals surface area contributed by atoms with Crippen molar-refractivity contribution >= 4 is 12.1 Å². The Labute approximate surface area is 136 Å². The zero-order valence-corrected chi connectivity index (χ0v) is 13.9. The van der Waals surface area contributed by atoms with Crippen molar-refractivity contribution in [3.8, 4) is 0 Å². The van der Waals surface area contributed by atoms with Gasteiger partial charge in [0, 0.05) is 25.5 Å². The molecule has 1 saturated heterocycles. The Morgan fingerprint density at radius 1 is 1.35 bits per heavy atom.